The number of amides is 3. The summed E-state index contributed by atoms with van der Waals surface area (Å²) in [6.07, 6.45) is 1.43. The number of ether oxygens (including phenoxy) is 1. The van der Waals surface area contributed by atoms with E-state index in [0.717, 1.165) is 37.3 Å². The van der Waals surface area contributed by atoms with E-state index < -0.39 is 6.04 Å². The number of fused-ring (bicyclic) bond motifs is 1. The van der Waals surface area contributed by atoms with Gasteiger partial charge < -0.3 is 30.9 Å². The standard InChI is InChI=1S/C35H45N5O4/c1-35(2,3)21-31(34(43)38-29-12-9-25-15-16-36-23-28(25)20-29)39-33(42)27-8-6-7-24(19-27)22-37-32(41)26-10-13-30(14-11-26)44-18-17-40(4)5/h6-14,19-20,31,36H,15-18,21-23H2,1-5H3,(H,37,41)(H,38,43)(H,39,42)/t31-/m0/s1. The van der Waals surface area contributed by atoms with Gasteiger partial charge in [-0.2, -0.15) is 0 Å². The van der Waals surface area contributed by atoms with Crippen molar-refractivity contribution in [2.75, 3.05) is 39.1 Å². The Morgan fingerprint density at radius 1 is 0.932 bits per heavy atom. The predicted molar refractivity (Wildman–Crippen MR) is 174 cm³/mol. The molecule has 0 aliphatic carbocycles. The Balaban J connectivity index is 1.36. The zero-order valence-corrected chi connectivity index (χ0v) is 26.5. The van der Waals surface area contributed by atoms with Crippen molar-refractivity contribution in [1.29, 1.82) is 0 Å². The first-order chi connectivity index (χ1) is 21.0. The van der Waals surface area contributed by atoms with E-state index in [1.165, 1.54) is 11.1 Å². The summed E-state index contributed by atoms with van der Waals surface area (Å²) in [5, 5.41) is 12.2. The lowest BCUT2D eigenvalue weighted by atomic mass is 9.87. The number of nitrogens with one attached hydrogen (secondary N) is 4. The van der Waals surface area contributed by atoms with Crippen LogP contribution in [0, 0.1) is 5.41 Å². The number of nitrogens with zero attached hydrogens (tertiary/aromatic N) is 1. The molecule has 3 aromatic rings. The van der Waals surface area contributed by atoms with Gasteiger partial charge in [-0.1, -0.05) is 39.0 Å². The Hall–Kier alpha value is -4.21. The molecule has 0 saturated carbocycles. The summed E-state index contributed by atoms with van der Waals surface area (Å²) in [5.74, 6) is -0.114. The molecule has 0 spiro atoms. The van der Waals surface area contributed by atoms with E-state index >= 15 is 0 Å². The fraction of sp³-hybridized carbons (Fsp3) is 0.400. The highest BCUT2D eigenvalue weighted by Crippen LogP contribution is 2.24. The van der Waals surface area contributed by atoms with Gasteiger partial charge in [-0.3, -0.25) is 14.4 Å². The number of carbonyl (C=O) groups excluding carboxylic acids is 3. The van der Waals surface area contributed by atoms with Crippen LogP contribution in [0.3, 0.4) is 0 Å². The van der Waals surface area contributed by atoms with E-state index in [4.69, 9.17) is 4.74 Å². The van der Waals surface area contributed by atoms with Gasteiger partial charge in [0, 0.05) is 36.4 Å². The van der Waals surface area contributed by atoms with Crippen LogP contribution in [0.5, 0.6) is 5.75 Å². The lowest BCUT2D eigenvalue weighted by molar-refractivity contribution is -0.118. The lowest BCUT2D eigenvalue weighted by Gasteiger charge is -2.26. The van der Waals surface area contributed by atoms with Gasteiger partial charge in [0.1, 0.15) is 18.4 Å². The molecule has 4 N–H and O–H groups in total. The molecule has 1 atom stereocenters. The molecule has 234 valence electrons. The number of likely N-dealkylation sites (N-methyl/N-ethyl adjacent to an activating group) is 1. The highest BCUT2D eigenvalue weighted by atomic mass is 16.5. The second-order valence-electron chi connectivity index (χ2n) is 12.7. The van der Waals surface area contributed by atoms with Gasteiger partial charge in [0.05, 0.1) is 0 Å². The average molecular weight is 600 g/mol. The Kier molecular flexibility index (Phi) is 11.1. The number of rotatable bonds is 12. The Labute approximate surface area is 260 Å². The summed E-state index contributed by atoms with van der Waals surface area (Å²) in [7, 11) is 3.97. The van der Waals surface area contributed by atoms with E-state index in [1.807, 2.05) is 58.0 Å². The van der Waals surface area contributed by atoms with Gasteiger partial charge in [0.25, 0.3) is 11.8 Å². The number of carbonyl (C=O) groups is 3. The zero-order chi connectivity index (χ0) is 31.7. The minimum atomic E-state index is -0.727. The zero-order valence-electron chi connectivity index (χ0n) is 26.5. The third-order valence-electron chi connectivity index (χ3n) is 7.36. The van der Waals surface area contributed by atoms with Crippen molar-refractivity contribution in [2.24, 2.45) is 5.41 Å². The summed E-state index contributed by atoms with van der Waals surface area (Å²) in [4.78, 5) is 41.5. The topological polar surface area (TPSA) is 112 Å². The fourth-order valence-electron chi connectivity index (χ4n) is 5.01. The van der Waals surface area contributed by atoms with Crippen LogP contribution in [0.2, 0.25) is 0 Å². The molecule has 4 rings (SSSR count). The van der Waals surface area contributed by atoms with E-state index in [-0.39, 0.29) is 29.7 Å². The molecule has 44 heavy (non-hydrogen) atoms. The highest BCUT2D eigenvalue weighted by molar-refractivity contribution is 6.01. The molecule has 0 aromatic heterocycles. The fourth-order valence-corrected chi connectivity index (χ4v) is 5.01. The number of hydrogen-bond acceptors (Lipinski definition) is 6. The van der Waals surface area contributed by atoms with Crippen molar-refractivity contribution >= 4 is 23.4 Å². The Morgan fingerprint density at radius 3 is 2.43 bits per heavy atom. The summed E-state index contributed by atoms with van der Waals surface area (Å²) in [6, 6.07) is 19.3. The summed E-state index contributed by atoms with van der Waals surface area (Å²) in [5.41, 5.74) is 4.70. The van der Waals surface area contributed by atoms with Crippen molar-refractivity contribution in [3.63, 3.8) is 0 Å². The molecule has 9 heteroatoms. The second-order valence-corrected chi connectivity index (χ2v) is 12.7. The van der Waals surface area contributed by atoms with Crippen molar-refractivity contribution < 1.29 is 19.1 Å². The van der Waals surface area contributed by atoms with Crippen LogP contribution in [0.4, 0.5) is 5.69 Å². The smallest absolute Gasteiger partial charge is 0.251 e. The molecule has 3 amide bonds. The van der Waals surface area contributed by atoms with Gasteiger partial charge in [0.2, 0.25) is 5.91 Å². The minimum absolute atomic E-state index is 0.197. The monoisotopic (exact) mass is 599 g/mol. The van der Waals surface area contributed by atoms with Crippen molar-refractivity contribution in [2.45, 2.75) is 52.7 Å². The summed E-state index contributed by atoms with van der Waals surface area (Å²) in [6.45, 7) is 9.47. The van der Waals surface area contributed by atoms with Gasteiger partial charge in [-0.15, -0.1) is 0 Å². The maximum atomic E-state index is 13.4. The number of hydrogen-bond donors (Lipinski definition) is 4. The van der Waals surface area contributed by atoms with Crippen molar-refractivity contribution in [3.8, 4) is 5.75 Å². The first-order valence-corrected chi connectivity index (χ1v) is 15.2. The van der Waals surface area contributed by atoms with Gasteiger partial charge in [-0.05, 0) is 104 Å². The molecular formula is C35H45N5O4. The van der Waals surface area contributed by atoms with Crippen molar-refractivity contribution in [1.82, 2.24) is 20.9 Å². The lowest BCUT2D eigenvalue weighted by Crippen LogP contribution is -2.45. The Morgan fingerprint density at radius 2 is 1.70 bits per heavy atom. The third-order valence-corrected chi connectivity index (χ3v) is 7.36. The van der Waals surface area contributed by atoms with E-state index in [2.05, 4.69) is 27.3 Å². The Bertz CT molecular complexity index is 1450. The molecule has 0 radical (unpaired) electrons. The summed E-state index contributed by atoms with van der Waals surface area (Å²) < 4.78 is 5.70. The minimum Gasteiger partial charge on any atom is -0.492 e. The largest absolute Gasteiger partial charge is 0.492 e. The molecule has 9 nitrogen and oxygen atoms in total. The van der Waals surface area contributed by atoms with Crippen LogP contribution in [0.15, 0.2) is 66.7 Å². The van der Waals surface area contributed by atoms with Crippen LogP contribution in [-0.2, 0) is 24.3 Å². The SMILES string of the molecule is CN(C)CCOc1ccc(C(=O)NCc2cccc(C(=O)N[C@@H](CC(C)(C)C)C(=O)Nc3ccc4c(c3)CNCC4)c2)cc1. The van der Waals surface area contributed by atoms with E-state index in [1.54, 1.807) is 42.5 Å². The van der Waals surface area contributed by atoms with Gasteiger partial charge in [-0.25, -0.2) is 0 Å². The quantitative estimate of drug-likeness (QED) is 0.246. The molecule has 3 aromatic carbocycles. The first kappa shape index (κ1) is 32.7. The number of benzene rings is 3. The van der Waals surface area contributed by atoms with Crippen molar-refractivity contribution in [3.05, 3.63) is 94.5 Å². The molecule has 1 aliphatic heterocycles. The molecular weight excluding hydrogens is 554 g/mol. The van der Waals surface area contributed by atoms with Crippen LogP contribution < -0.4 is 26.0 Å². The van der Waals surface area contributed by atoms with Gasteiger partial charge >= 0.3 is 0 Å². The van der Waals surface area contributed by atoms with Crippen LogP contribution in [0.1, 0.15) is 64.6 Å². The van der Waals surface area contributed by atoms with Crippen LogP contribution in [0.25, 0.3) is 0 Å². The maximum Gasteiger partial charge on any atom is 0.251 e. The van der Waals surface area contributed by atoms with Gasteiger partial charge in [0.15, 0.2) is 0 Å². The number of anilines is 1. The predicted octanol–water partition coefficient (Wildman–Crippen LogP) is 4.38. The molecule has 0 saturated heterocycles. The van der Waals surface area contributed by atoms with Crippen LogP contribution in [-0.4, -0.2) is 62.5 Å². The second kappa shape index (κ2) is 15.0. The van der Waals surface area contributed by atoms with E-state index in [0.29, 0.717) is 29.9 Å². The molecule has 0 fully saturated rings. The first-order valence-electron chi connectivity index (χ1n) is 15.2. The maximum absolute atomic E-state index is 13.4. The molecule has 1 heterocycles. The average Bonchev–Trinajstić information content (AvgIpc) is 2.99. The summed E-state index contributed by atoms with van der Waals surface area (Å²) >= 11 is 0. The molecule has 0 bridgehead atoms. The normalized spacial score (nSPS) is 13.5. The molecule has 1 aliphatic rings. The highest BCUT2D eigenvalue weighted by Gasteiger charge is 2.27. The van der Waals surface area contributed by atoms with Crippen LogP contribution >= 0.6 is 0 Å². The van der Waals surface area contributed by atoms with E-state index in [9.17, 15) is 14.4 Å². The third kappa shape index (κ3) is 9.92. The molecule has 0 unspecified atom stereocenters.